The number of aliphatic hydroxyl groups is 1. The minimum Gasteiger partial charge on any atom is -0.455 e. The third-order valence-corrected chi connectivity index (χ3v) is 4.75. The van der Waals surface area contributed by atoms with Crippen LogP contribution in [0.5, 0.6) is 0 Å². The van der Waals surface area contributed by atoms with E-state index >= 15 is 0 Å². The van der Waals surface area contributed by atoms with E-state index in [4.69, 9.17) is 9.47 Å². The van der Waals surface area contributed by atoms with E-state index in [0.717, 1.165) is 18.4 Å². The summed E-state index contributed by atoms with van der Waals surface area (Å²) < 4.78 is 11.2. The minimum absolute atomic E-state index is 0.0126. The van der Waals surface area contributed by atoms with Gasteiger partial charge in [-0.2, -0.15) is 0 Å². The predicted molar refractivity (Wildman–Crippen MR) is 69.4 cm³/mol. The summed E-state index contributed by atoms with van der Waals surface area (Å²) in [4.78, 5) is 11.7. The van der Waals surface area contributed by atoms with Gasteiger partial charge >= 0.3 is 5.97 Å². The molecule has 1 aliphatic carbocycles. The quantitative estimate of drug-likeness (QED) is 0.313. The number of ether oxygens (including phenoxy) is 2. The average Bonchev–Trinajstić information content (AvgIpc) is 2.96. The van der Waals surface area contributed by atoms with Gasteiger partial charge < -0.3 is 14.6 Å². The van der Waals surface area contributed by atoms with Gasteiger partial charge in [0.05, 0.1) is 11.7 Å². The Morgan fingerprint density at radius 3 is 2.84 bits per heavy atom. The molecule has 0 amide bonds. The van der Waals surface area contributed by atoms with E-state index < -0.39 is 6.10 Å². The van der Waals surface area contributed by atoms with Crippen LogP contribution in [0.25, 0.3) is 0 Å². The lowest BCUT2D eigenvalue weighted by Gasteiger charge is -2.22. The van der Waals surface area contributed by atoms with Gasteiger partial charge in [-0.15, -0.1) is 0 Å². The molecule has 0 aromatic rings. The molecule has 2 aliphatic heterocycles. The van der Waals surface area contributed by atoms with E-state index in [2.05, 4.69) is 13.2 Å². The summed E-state index contributed by atoms with van der Waals surface area (Å²) >= 11 is 0. The van der Waals surface area contributed by atoms with Crippen molar-refractivity contribution in [3.05, 3.63) is 24.3 Å². The number of carbonyl (C=O) groups excluding carboxylic acids is 1. The first-order valence-corrected chi connectivity index (χ1v) is 6.86. The third kappa shape index (κ3) is 2.03. The van der Waals surface area contributed by atoms with Crippen molar-refractivity contribution in [2.45, 2.75) is 56.5 Å². The molecule has 5 atom stereocenters. The standard InChI is InChI=1S/C15H20O4/c1-8-4-5-10-9(2)14(17)18-12(10)13-15(3,19-13)7-6-11(8)16/h10-13,16H,1-2,4-7H2,3H3/t10-,11+,12-,13+,15+/m0/s1. The molecule has 3 fully saturated rings. The molecule has 104 valence electrons. The van der Waals surface area contributed by atoms with Crippen LogP contribution in [-0.4, -0.2) is 35.0 Å². The van der Waals surface area contributed by atoms with Crippen LogP contribution in [-0.2, 0) is 14.3 Å². The molecule has 0 bridgehead atoms. The van der Waals surface area contributed by atoms with Crippen LogP contribution < -0.4 is 0 Å². The molecule has 1 saturated carbocycles. The number of fused-ring (bicyclic) bond motifs is 3. The third-order valence-electron chi connectivity index (χ3n) is 4.75. The Morgan fingerprint density at radius 2 is 2.11 bits per heavy atom. The monoisotopic (exact) mass is 264 g/mol. The van der Waals surface area contributed by atoms with Gasteiger partial charge in [0.2, 0.25) is 0 Å². The fourth-order valence-corrected chi connectivity index (χ4v) is 3.25. The lowest BCUT2D eigenvalue weighted by molar-refractivity contribution is -0.140. The van der Waals surface area contributed by atoms with E-state index in [1.807, 2.05) is 6.92 Å². The Morgan fingerprint density at radius 1 is 1.37 bits per heavy atom. The Labute approximate surface area is 113 Å². The summed E-state index contributed by atoms with van der Waals surface area (Å²) in [6.07, 6.45) is 2.09. The van der Waals surface area contributed by atoms with Crippen molar-refractivity contribution in [3.8, 4) is 0 Å². The van der Waals surface area contributed by atoms with Crippen molar-refractivity contribution in [1.29, 1.82) is 0 Å². The zero-order valence-corrected chi connectivity index (χ0v) is 11.2. The normalized spacial score (nSPS) is 46.3. The van der Waals surface area contributed by atoms with Crippen molar-refractivity contribution in [2.24, 2.45) is 5.92 Å². The van der Waals surface area contributed by atoms with E-state index in [0.29, 0.717) is 18.4 Å². The van der Waals surface area contributed by atoms with Gasteiger partial charge in [0.15, 0.2) is 0 Å². The van der Waals surface area contributed by atoms with E-state index in [1.165, 1.54) is 0 Å². The summed E-state index contributed by atoms with van der Waals surface area (Å²) in [5.74, 6) is -0.320. The Kier molecular flexibility index (Phi) is 2.84. The van der Waals surface area contributed by atoms with Crippen LogP contribution in [0, 0.1) is 5.92 Å². The summed E-state index contributed by atoms with van der Waals surface area (Å²) in [6.45, 7) is 9.80. The highest BCUT2D eigenvalue weighted by atomic mass is 16.6. The maximum Gasteiger partial charge on any atom is 0.334 e. The number of carbonyl (C=O) groups is 1. The molecule has 2 saturated heterocycles. The molecule has 2 heterocycles. The zero-order valence-electron chi connectivity index (χ0n) is 11.2. The second-order valence-corrected chi connectivity index (χ2v) is 6.10. The van der Waals surface area contributed by atoms with E-state index in [9.17, 15) is 9.90 Å². The summed E-state index contributed by atoms with van der Waals surface area (Å²) in [5, 5.41) is 10.0. The van der Waals surface area contributed by atoms with Crippen LogP contribution in [0.15, 0.2) is 24.3 Å². The SMILES string of the molecule is C=C1CC[C@H]2C(=C)C(=O)O[C@@H]2[C@H]2O[C@]2(C)CC[C@H]1O. The molecule has 0 spiro atoms. The largest absolute Gasteiger partial charge is 0.455 e. The maximum absolute atomic E-state index is 11.7. The summed E-state index contributed by atoms with van der Waals surface area (Å²) in [6, 6.07) is 0. The van der Waals surface area contributed by atoms with Crippen LogP contribution >= 0.6 is 0 Å². The highest BCUT2D eigenvalue weighted by Gasteiger charge is 2.61. The lowest BCUT2D eigenvalue weighted by atomic mass is 9.82. The van der Waals surface area contributed by atoms with Gasteiger partial charge in [-0.05, 0) is 38.2 Å². The first kappa shape index (κ1) is 12.9. The lowest BCUT2D eigenvalue weighted by Crippen LogP contribution is -2.30. The number of aliphatic hydroxyl groups excluding tert-OH is 1. The van der Waals surface area contributed by atoms with Crippen LogP contribution in [0.1, 0.15) is 32.6 Å². The Bertz CT molecular complexity index is 455. The molecule has 0 unspecified atom stereocenters. The van der Waals surface area contributed by atoms with E-state index in [-0.39, 0.29) is 29.7 Å². The molecule has 1 N–H and O–H groups in total. The van der Waals surface area contributed by atoms with Crippen LogP contribution in [0.4, 0.5) is 0 Å². The second-order valence-electron chi connectivity index (χ2n) is 6.10. The summed E-state index contributed by atoms with van der Waals surface area (Å²) in [7, 11) is 0. The number of hydrogen-bond donors (Lipinski definition) is 1. The van der Waals surface area contributed by atoms with Gasteiger partial charge in [0.25, 0.3) is 0 Å². The molecular formula is C15H20O4. The zero-order chi connectivity index (χ0) is 13.8. The van der Waals surface area contributed by atoms with Gasteiger partial charge in [0, 0.05) is 11.5 Å². The maximum atomic E-state index is 11.7. The highest BCUT2D eigenvalue weighted by Crippen LogP contribution is 2.50. The van der Waals surface area contributed by atoms with Crippen molar-refractivity contribution >= 4 is 5.97 Å². The first-order valence-electron chi connectivity index (χ1n) is 6.86. The molecule has 3 aliphatic rings. The topological polar surface area (TPSA) is 59.1 Å². The summed E-state index contributed by atoms with van der Waals surface area (Å²) in [5.41, 5.74) is 1.08. The fourth-order valence-electron chi connectivity index (χ4n) is 3.25. The number of epoxide rings is 1. The van der Waals surface area contributed by atoms with Gasteiger partial charge in [-0.1, -0.05) is 13.2 Å². The molecule has 4 nitrogen and oxygen atoms in total. The molecule has 0 aromatic carbocycles. The highest BCUT2D eigenvalue weighted by molar-refractivity contribution is 5.91. The minimum atomic E-state index is -0.482. The molecule has 4 heteroatoms. The van der Waals surface area contributed by atoms with Crippen molar-refractivity contribution < 1.29 is 19.4 Å². The predicted octanol–water partition coefficient (Wildman–Crippen LogP) is 1.73. The van der Waals surface area contributed by atoms with Crippen molar-refractivity contribution in [1.82, 2.24) is 0 Å². The van der Waals surface area contributed by atoms with Gasteiger partial charge in [-0.25, -0.2) is 4.79 Å². The molecule has 0 radical (unpaired) electrons. The second kappa shape index (κ2) is 4.18. The van der Waals surface area contributed by atoms with Crippen molar-refractivity contribution in [2.75, 3.05) is 0 Å². The first-order chi connectivity index (χ1) is 8.92. The van der Waals surface area contributed by atoms with E-state index in [1.54, 1.807) is 0 Å². The molecule has 0 aromatic heterocycles. The number of rotatable bonds is 0. The Balaban J connectivity index is 1.85. The van der Waals surface area contributed by atoms with Gasteiger partial charge in [0.1, 0.15) is 12.2 Å². The van der Waals surface area contributed by atoms with Gasteiger partial charge in [-0.3, -0.25) is 0 Å². The average molecular weight is 264 g/mol. The number of esters is 1. The van der Waals surface area contributed by atoms with Crippen LogP contribution in [0.2, 0.25) is 0 Å². The molecule has 19 heavy (non-hydrogen) atoms. The number of hydrogen-bond acceptors (Lipinski definition) is 4. The van der Waals surface area contributed by atoms with Crippen LogP contribution in [0.3, 0.4) is 0 Å². The Hall–Kier alpha value is -1.13. The fraction of sp³-hybridized carbons (Fsp3) is 0.667. The smallest absolute Gasteiger partial charge is 0.334 e. The van der Waals surface area contributed by atoms with Crippen molar-refractivity contribution in [3.63, 3.8) is 0 Å². The molecular weight excluding hydrogens is 244 g/mol. The molecule has 3 rings (SSSR count).